The quantitative estimate of drug-likeness (QED) is 0.0539. The van der Waals surface area contributed by atoms with Crippen molar-refractivity contribution in [3.05, 3.63) is 68.0 Å². The van der Waals surface area contributed by atoms with Gasteiger partial charge in [0.2, 0.25) is 10.9 Å². The zero-order valence-corrected chi connectivity index (χ0v) is 33.2. The van der Waals surface area contributed by atoms with Crippen molar-refractivity contribution >= 4 is 81.6 Å². The molecule has 4 heterocycles. The second-order valence-electron chi connectivity index (χ2n) is 14.1. The number of aromatic hydroxyl groups is 8. The number of rotatable bonds is 4. The van der Waals surface area contributed by atoms with Crippen LogP contribution in [0.15, 0.2) is 54.8 Å². The molecular formula is C38H38CaO22. The largest absolute Gasteiger partial charge is 2.00 e. The van der Waals surface area contributed by atoms with Gasteiger partial charge in [0.05, 0.1) is 35.1 Å². The van der Waals surface area contributed by atoms with Crippen LogP contribution in [-0.4, -0.2) is 181 Å². The van der Waals surface area contributed by atoms with Crippen LogP contribution in [0.4, 0.5) is 0 Å². The van der Waals surface area contributed by atoms with E-state index in [0.29, 0.717) is 0 Å². The number of fused-ring (bicyclic) bond motifs is 4. The third-order valence-electron chi connectivity index (χ3n) is 10.5. The van der Waals surface area contributed by atoms with E-state index in [1.165, 1.54) is 0 Å². The summed E-state index contributed by atoms with van der Waals surface area (Å²) in [6.07, 6.45) is -16.3. The maximum atomic E-state index is 12.9. The number of phenols is 8. The first-order valence-electron chi connectivity index (χ1n) is 17.7. The van der Waals surface area contributed by atoms with Gasteiger partial charge in [0, 0.05) is 24.3 Å². The average molecular weight is 887 g/mol. The minimum Gasteiger partial charge on any atom is -1.00 e. The molecule has 0 radical (unpaired) electrons. The second kappa shape index (κ2) is 17.1. The molecule has 16 N–H and O–H groups in total. The summed E-state index contributed by atoms with van der Waals surface area (Å²) in [4.78, 5) is 25.8. The van der Waals surface area contributed by atoms with E-state index in [9.17, 15) is 91.3 Å². The molecular weight excluding hydrogens is 848 g/mol. The topological polar surface area (TPSA) is 403 Å². The number of hydrogen-bond acceptors (Lipinski definition) is 22. The fraction of sp³-hybridized carbons (Fsp3) is 0.316. The summed E-state index contributed by atoms with van der Waals surface area (Å²) in [6, 6.07) is 5.80. The predicted molar refractivity (Wildman–Crippen MR) is 207 cm³/mol. The van der Waals surface area contributed by atoms with Gasteiger partial charge in [-0.3, -0.25) is 9.59 Å². The van der Waals surface area contributed by atoms with E-state index in [2.05, 4.69) is 0 Å². The van der Waals surface area contributed by atoms with Crippen LogP contribution in [0.25, 0.3) is 43.9 Å². The Kier molecular flexibility index (Phi) is 12.8. The van der Waals surface area contributed by atoms with Gasteiger partial charge in [-0.25, -0.2) is 0 Å². The smallest absolute Gasteiger partial charge is 1.00 e. The third kappa shape index (κ3) is 7.58. The molecule has 0 aliphatic carbocycles. The molecule has 4 aromatic carbocycles. The number of hydrogen-bond donors (Lipinski definition) is 16. The van der Waals surface area contributed by atoms with E-state index in [1.54, 1.807) is 0 Å². The molecule has 0 bridgehead atoms. The van der Waals surface area contributed by atoms with Gasteiger partial charge in [0.1, 0.15) is 117 Å². The summed E-state index contributed by atoms with van der Waals surface area (Å²) in [5.41, 5.74) is -3.33. The minimum absolute atomic E-state index is 0. The first-order chi connectivity index (χ1) is 28.3. The monoisotopic (exact) mass is 886 g/mol. The van der Waals surface area contributed by atoms with Crippen LogP contribution >= 0.6 is 0 Å². The molecule has 0 spiro atoms. The fourth-order valence-corrected chi connectivity index (χ4v) is 7.28. The maximum absolute atomic E-state index is 12.9. The van der Waals surface area contributed by atoms with E-state index in [0.717, 1.165) is 36.4 Å². The van der Waals surface area contributed by atoms with Crippen LogP contribution in [0.1, 0.15) is 26.2 Å². The van der Waals surface area contributed by atoms with Gasteiger partial charge in [-0.15, -0.1) is 0 Å². The SMILES string of the molecule is O=c1c2cc(O)c(O)cc2oc2cc(O)c([C@@H]3O[C@H](CO)[C@@H](O)[C@H](O)[C@H]3O)c(O)c12.O=c1c2cc(O)c(O)cc2oc2cc(O)c([C@@H]3O[C@H](CO)[C@@H](O)[C@H](O)[C@H]3O)c(O)c12.[Ca+2].[H-].[H-]. The molecule has 324 valence electrons. The summed E-state index contributed by atoms with van der Waals surface area (Å²) in [5.74, 6) is -5.24. The Hall–Kier alpha value is -4.92. The molecule has 10 atom stereocenters. The molecule has 8 rings (SSSR count). The molecule has 0 saturated carbocycles. The van der Waals surface area contributed by atoms with Crippen LogP contribution in [0, 0.1) is 0 Å². The van der Waals surface area contributed by atoms with Crippen molar-refractivity contribution in [2.24, 2.45) is 0 Å². The molecule has 61 heavy (non-hydrogen) atoms. The molecule has 2 aliphatic rings. The summed E-state index contributed by atoms with van der Waals surface area (Å²) in [5, 5.41) is 159. The molecule has 0 amide bonds. The maximum Gasteiger partial charge on any atom is 2.00 e. The minimum atomic E-state index is -1.81. The van der Waals surface area contributed by atoms with Crippen LogP contribution in [-0.2, 0) is 9.47 Å². The van der Waals surface area contributed by atoms with Gasteiger partial charge in [-0.1, -0.05) is 0 Å². The van der Waals surface area contributed by atoms with Gasteiger partial charge in [-0.2, -0.15) is 0 Å². The Balaban J connectivity index is 0.000000264. The third-order valence-corrected chi connectivity index (χ3v) is 10.5. The van der Waals surface area contributed by atoms with Gasteiger partial charge in [0.25, 0.3) is 0 Å². The van der Waals surface area contributed by atoms with E-state index in [1.807, 2.05) is 0 Å². The summed E-state index contributed by atoms with van der Waals surface area (Å²) in [6.45, 7) is -1.46. The molecule has 6 aromatic rings. The van der Waals surface area contributed by atoms with Crippen molar-refractivity contribution in [3.63, 3.8) is 0 Å². The number of aliphatic hydroxyl groups is 8. The molecule has 2 fully saturated rings. The van der Waals surface area contributed by atoms with Crippen molar-refractivity contribution in [2.75, 3.05) is 13.2 Å². The van der Waals surface area contributed by atoms with Gasteiger partial charge >= 0.3 is 37.7 Å². The standard InChI is InChI=1S/2C19H18O11.Ca.2H/c2*20-4-11-15(25)17(27)18(28)19(30-11)12-8(23)3-10-13(16(12)26)14(24)5-1-6(21)7(22)2-9(5)29-10;;;/h2*1-3,11,15,17-23,25-28H,4H2;;;/q;;+2;2*-1/t2*11-,15-,17+,18-,19+;;;/m11.../s1. The Morgan fingerprint density at radius 2 is 0.754 bits per heavy atom. The first-order valence-corrected chi connectivity index (χ1v) is 17.7. The molecule has 23 heteroatoms. The zero-order valence-electron chi connectivity index (χ0n) is 33.0. The molecule has 2 aliphatic heterocycles. The van der Waals surface area contributed by atoms with Crippen molar-refractivity contribution in [1.82, 2.24) is 0 Å². The molecule has 22 nitrogen and oxygen atoms in total. The van der Waals surface area contributed by atoms with E-state index in [4.69, 9.17) is 18.3 Å². The van der Waals surface area contributed by atoms with Crippen LogP contribution in [0.5, 0.6) is 46.0 Å². The summed E-state index contributed by atoms with van der Waals surface area (Å²) in [7, 11) is 0. The normalized spacial score (nSPS) is 26.6. The van der Waals surface area contributed by atoms with Crippen molar-refractivity contribution < 1.29 is 103 Å². The van der Waals surface area contributed by atoms with Gasteiger partial charge in [-0.05, 0) is 12.1 Å². The second-order valence-corrected chi connectivity index (χ2v) is 14.1. The van der Waals surface area contributed by atoms with Gasteiger partial charge < -0.3 is 103 Å². The van der Waals surface area contributed by atoms with Crippen LogP contribution in [0.3, 0.4) is 0 Å². The van der Waals surface area contributed by atoms with E-state index < -0.39 is 153 Å². The summed E-state index contributed by atoms with van der Waals surface area (Å²) >= 11 is 0. The Labute approximate surface area is 371 Å². The first kappa shape index (κ1) is 45.6. The fourth-order valence-electron chi connectivity index (χ4n) is 7.28. The van der Waals surface area contributed by atoms with Crippen molar-refractivity contribution in [2.45, 2.75) is 61.0 Å². The molecule has 0 unspecified atom stereocenters. The van der Waals surface area contributed by atoms with E-state index >= 15 is 0 Å². The van der Waals surface area contributed by atoms with Crippen molar-refractivity contribution in [3.8, 4) is 46.0 Å². The number of benzene rings is 4. The van der Waals surface area contributed by atoms with Crippen molar-refractivity contribution in [1.29, 1.82) is 0 Å². The number of phenolic OH excluding ortho intramolecular Hbond substituents is 8. The molecule has 2 aromatic heterocycles. The average Bonchev–Trinajstić information content (AvgIpc) is 3.19. The van der Waals surface area contributed by atoms with Crippen LogP contribution < -0.4 is 10.9 Å². The number of aliphatic hydroxyl groups excluding tert-OH is 8. The predicted octanol–water partition coefficient (Wildman–Crippen LogP) is -1.59. The Bertz CT molecular complexity index is 2610. The Morgan fingerprint density at radius 3 is 1.08 bits per heavy atom. The van der Waals surface area contributed by atoms with E-state index in [-0.39, 0.29) is 73.7 Å². The summed E-state index contributed by atoms with van der Waals surface area (Å²) < 4.78 is 21.6. The Morgan fingerprint density at radius 1 is 0.443 bits per heavy atom. The van der Waals surface area contributed by atoms with Crippen LogP contribution in [0.2, 0.25) is 0 Å². The zero-order chi connectivity index (χ0) is 43.8. The number of ether oxygens (including phenoxy) is 2. The molecule has 2 saturated heterocycles. The van der Waals surface area contributed by atoms with Gasteiger partial charge in [0.15, 0.2) is 23.0 Å².